The molecule has 0 spiro atoms. The minimum Gasteiger partial charge on any atom is -0.379 e. The van der Waals surface area contributed by atoms with E-state index in [1.54, 1.807) is 23.0 Å². The summed E-state index contributed by atoms with van der Waals surface area (Å²) in [5.41, 5.74) is 1.61. The molecule has 0 aliphatic carbocycles. The molecule has 0 radical (unpaired) electrons. The highest BCUT2D eigenvalue weighted by Gasteiger charge is 2.27. The van der Waals surface area contributed by atoms with Crippen LogP contribution in [0.1, 0.15) is 22.0 Å². The van der Waals surface area contributed by atoms with Crippen LogP contribution in [0.25, 0.3) is 10.1 Å². The Morgan fingerprint density at radius 1 is 0.941 bits per heavy atom. The maximum absolute atomic E-state index is 14.3. The van der Waals surface area contributed by atoms with Crippen LogP contribution in [0.2, 0.25) is 0 Å². The van der Waals surface area contributed by atoms with Crippen molar-refractivity contribution >= 4 is 51.9 Å². The third-order valence-electron chi connectivity index (χ3n) is 5.60. The van der Waals surface area contributed by atoms with Crippen molar-refractivity contribution in [3.8, 4) is 0 Å². The van der Waals surface area contributed by atoms with Gasteiger partial charge >= 0.3 is 0 Å². The number of thiophene rings is 1. The third kappa shape index (κ3) is 6.93. The molecule has 2 heterocycles. The average molecular weight is 533 g/mol. The quantitative estimate of drug-likeness (QED) is 0.290. The van der Waals surface area contributed by atoms with Crippen molar-refractivity contribution in [2.45, 2.75) is 6.04 Å². The van der Waals surface area contributed by atoms with Gasteiger partial charge in [0.1, 0.15) is 0 Å². The molecule has 34 heavy (non-hydrogen) atoms. The van der Waals surface area contributed by atoms with Crippen LogP contribution in [0, 0.1) is 0 Å². The predicted octanol–water partition coefficient (Wildman–Crippen LogP) is 7.46. The first kappa shape index (κ1) is 25.4. The maximum Gasteiger partial charge on any atom is 0.193 e. The Balaban J connectivity index is 1.65. The Bertz CT molecular complexity index is 1090. The summed E-state index contributed by atoms with van der Waals surface area (Å²) < 4.78 is 19.8. The number of hydrogen-bond acceptors (Lipinski definition) is 4. The molecule has 2 unspecified atom stereocenters. The molecule has 0 bridgehead atoms. The van der Waals surface area contributed by atoms with E-state index >= 15 is 0 Å². The highest BCUT2D eigenvalue weighted by Crippen LogP contribution is 2.50. The van der Waals surface area contributed by atoms with Crippen molar-refractivity contribution in [1.82, 2.24) is 9.99 Å². The summed E-state index contributed by atoms with van der Waals surface area (Å²) in [6.45, 7) is 3.53. The average Bonchev–Trinajstić information content (AvgIpc) is 3.40. The van der Waals surface area contributed by atoms with E-state index in [1.165, 1.54) is 4.88 Å². The zero-order chi connectivity index (χ0) is 23.8. The Labute approximate surface area is 215 Å². The third-order valence-corrected chi connectivity index (χ3v) is 9.49. The first-order chi connectivity index (χ1) is 16.5. The molecule has 4 rings (SSSR count). The molecule has 1 aliphatic rings. The van der Waals surface area contributed by atoms with E-state index in [9.17, 15) is 4.57 Å². The molecule has 1 fully saturated rings. The Morgan fingerprint density at radius 2 is 1.50 bits per heavy atom. The van der Waals surface area contributed by atoms with Gasteiger partial charge in [0, 0.05) is 36.1 Å². The topological polar surface area (TPSA) is 41.6 Å². The minimum atomic E-state index is -3.26. The lowest BCUT2D eigenvalue weighted by molar-refractivity contribution is 0.0179. The molecule has 4 nitrogen and oxygen atoms in total. The van der Waals surface area contributed by atoms with Crippen molar-refractivity contribution in [2.75, 3.05) is 32.8 Å². The van der Waals surface area contributed by atoms with Crippen LogP contribution in [0.15, 0.2) is 89.8 Å². The molecule has 1 N–H and O–H groups in total. The van der Waals surface area contributed by atoms with E-state index in [2.05, 4.69) is 21.4 Å². The van der Waals surface area contributed by atoms with Gasteiger partial charge in [-0.15, -0.1) is 11.3 Å². The van der Waals surface area contributed by atoms with Gasteiger partial charge in [-0.3, -0.25) is 14.6 Å². The lowest BCUT2D eigenvalue weighted by atomic mass is 10.2. The molecule has 2 atom stereocenters. The van der Waals surface area contributed by atoms with Gasteiger partial charge in [-0.25, -0.2) is 0 Å². The Morgan fingerprint density at radius 3 is 2.00 bits per heavy atom. The molecule has 3 aromatic rings. The highest BCUT2D eigenvalue weighted by atomic mass is 35.5. The molecule has 1 saturated heterocycles. The van der Waals surface area contributed by atoms with E-state index in [0.717, 1.165) is 24.2 Å². The molecule has 8 heteroatoms. The van der Waals surface area contributed by atoms with Crippen LogP contribution in [0.3, 0.4) is 0 Å². The normalized spacial score (nSPS) is 18.4. The van der Waals surface area contributed by atoms with E-state index in [4.69, 9.17) is 27.9 Å². The Hall–Kier alpha value is -1.69. The second-order valence-electron chi connectivity index (χ2n) is 7.94. The number of hydrogen-bond donors (Lipinski definition) is 1. The zero-order valence-corrected chi connectivity index (χ0v) is 21.9. The fraction of sp³-hybridized carbons (Fsp3) is 0.231. The number of ether oxygens (including phenoxy) is 1. The number of benzene rings is 2. The fourth-order valence-corrected chi connectivity index (χ4v) is 7.49. The first-order valence-corrected chi connectivity index (χ1v) is 14.6. The van der Waals surface area contributed by atoms with Gasteiger partial charge < -0.3 is 4.74 Å². The molecular formula is C26H27Cl2N2O2PS. The van der Waals surface area contributed by atoms with Crippen LogP contribution in [0.4, 0.5) is 0 Å². The number of rotatable bonds is 9. The molecule has 2 aromatic carbocycles. The lowest BCUT2D eigenvalue weighted by Crippen LogP contribution is -2.42. The second-order valence-corrected chi connectivity index (χ2v) is 12.0. The SMILES string of the molecule is O=P(C=C(Cl)c1ccccc1)(/C=C(/Cl)c1ccccc1)NCC(c1cccs1)N1CCOCC1. The summed E-state index contributed by atoms with van der Waals surface area (Å²) >= 11 is 15.0. The minimum absolute atomic E-state index is 0.0741. The van der Waals surface area contributed by atoms with Crippen LogP contribution < -0.4 is 5.09 Å². The highest BCUT2D eigenvalue weighted by molar-refractivity contribution is 7.68. The number of nitrogens with zero attached hydrogens (tertiary/aromatic N) is 1. The van der Waals surface area contributed by atoms with Gasteiger partial charge in [-0.2, -0.15) is 0 Å². The van der Waals surface area contributed by atoms with Crippen molar-refractivity contribution in [3.05, 3.63) is 106 Å². The van der Waals surface area contributed by atoms with Crippen LogP contribution >= 0.6 is 41.8 Å². The fourth-order valence-electron chi connectivity index (χ4n) is 3.82. The van der Waals surface area contributed by atoms with Gasteiger partial charge in [0.15, 0.2) is 7.29 Å². The monoisotopic (exact) mass is 532 g/mol. The zero-order valence-electron chi connectivity index (χ0n) is 18.6. The first-order valence-electron chi connectivity index (χ1n) is 11.1. The molecular weight excluding hydrogens is 506 g/mol. The van der Waals surface area contributed by atoms with E-state index < -0.39 is 7.29 Å². The van der Waals surface area contributed by atoms with Gasteiger partial charge in [0.05, 0.1) is 29.3 Å². The summed E-state index contributed by atoms with van der Waals surface area (Å²) in [5.74, 6) is 3.22. The van der Waals surface area contributed by atoms with Crippen LogP contribution in [0.5, 0.6) is 0 Å². The number of halogens is 2. The number of morpholine rings is 1. The smallest absolute Gasteiger partial charge is 0.193 e. The van der Waals surface area contributed by atoms with Crippen molar-refractivity contribution in [3.63, 3.8) is 0 Å². The molecule has 1 aliphatic heterocycles. The molecule has 178 valence electrons. The van der Waals surface area contributed by atoms with Gasteiger partial charge in [0.2, 0.25) is 0 Å². The van der Waals surface area contributed by atoms with Crippen molar-refractivity contribution in [2.24, 2.45) is 0 Å². The molecule has 1 aromatic heterocycles. The standard InChI is InChI=1S/C26H27Cl2N2O2PS/c27-23(21-8-3-1-4-9-21)19-33(31,20-24(28)22-10-5-2-6-11-22)29-18-25(26-12-7-17-34-26)30-13-15-32-16-14-30/h1-12,17,19-20,25H,13-16,18H2,(H,29,31)/b23-19+,24-20?. The summed E-state index contributed by atoms with van der Waals surface area (Å²) in [5, 5.41) is 6.25. The van der Waals surface area contributed by atoms with E-state index in [-0.39, 0.29) is 6.04 Å². The largest absolute Gasteiger partial charge is 0.379 e. The van der Waals surface area contributed by atoms with Gasteiger partial charge in [-0.1, -0.05) is 89.9 Å². The molecule has 0 amide bonds. The molecule has 0 saturated carbocycles. The van der Waals surface area contributed by atoms with Gasteiger partial charge in [-0.05, 0) is 22.6 Å². The summed E-state index contributed by atoms with van der Waals surface area (Å²) in [6.07, 6.45) is 0. The second kappa shape index (κ2) is 12.3. The van der Waals surface area contributed by atoms with Crippen molar-refractivity contribution in [1.29, 1.82) is 0 Å². The van der Waals surface area contributed by atoms with Crippen LogP contribution in [-0.4, -0.2) is 37.7 Å². The van der Waals surface area contributed by atoms with Crippen molar-refractivity contribution < 1.29 is 9.30 Å². The number of nitrogens with one attached hydrogen (secondary N) is 1. The lowest BCUT2D eigenvalue weighted by Gasteiger charge is -2.34. The summed E-state index contributed by atoms with van der Waals surface area (Å²) in [7, 11) is -3.26. The van der Waals surface area contributed by atoms with E-state index in [1.807, 2.05) is 66.7 Å². The Kier molecular flexibility index (Phi) is 9.21. The summed E-state index contributed by atoms with van der Waals surface area (Å²) in [4.78, 5) is 3.59. The van der Waals surface area contributed by atoms with Crippen LogP contribution in [-0.2, 0) is 9.30 Å². The summed E-state index contributed by atoms with van der Waals surface area (Å²) in [6, 6.07) is 23.3. The predicted molar refractivity (Wildman–Crippen MR) is 146 cm³/mol. The van der Waals surface area contributed by atoms with E-state index in [0.29, 0.717) is 29.8 Å². The van der Waals surface area contributed by atoms with Gasteiger partial charge in [0.25, 0.3) is 0 Å². The maximum atomic E-state index is 14.3.